The fourth-order valence-electron chi connectivity index (χ4n) is 1.00. The first-order valence-corrected chi connectivity index (χ1v) is 5.21. The lowest BCUT2D eigenvalue weighted by Gasteiger charge is -2.02. The highest BCUT2D eigenvalue weighted by Crippen LogP contribution is 2.24. The van der Waals surface area contributed by atoms with E-state index in [1.165, 1.54) is 10.6 Å². The molecule has 0 bridgehead atoms. The third-order valence-electron chi connectivity index (χ3n) is 1.53. The van der Waals surface area contributed by atoms with Gasteiger partial charge in [-0.15, -0.1) is 24.0 Å². The average Bonchev–Trinajstić information content (AvgIpc) is 2.47. The van der Waals surface area contributed by atoms with E-state index >= 15 is 0 Å². The molecule has 0 saturated carbocycles. The van der Waals surface area contributed by atoms with Crippen molar-refractivity contribution in [1.29, 1.82) is 0 Å². The Hall–Kier alpha value is -0.410. The van der Waals surface area contributed by atoms with Gasteiger partial charge in [0.2, 0.25) is 0 Å². The SMILES string of the molecule is CC/C=C(\NC)c1ccc(S)s1. The number of nitrogens with one attached hydrogen (secondary N) is 1. The van der Waals surface area contributed by atoms with E-state index in [0.717, 1.165) is 10.6 Å². The second-order valence-corrected chi connectivity index (χ2v) is 4.28. The third-order valence-corrected chi connectivity index (χ3v) is 2.88. The van der Waals surface area contributed by atoms with Gasteiger partial charge in [-0.25, -0.2) is 0 Å². The predicted molar refractivity (Wildman–Crippen MR) is 58.9 cm³/mol. The van der Waals surface area contributed by atoms with Crippen LogP contribution in [0.4, 0.5) is 0 Å². The van der Waals surface area contributed by atoms with Crippen molar-refractivity contribution in [2.75, 3.05) is 7.05 Å². The third kappa shape index (κ3) is 2.29. The topological polar surface area (TPSA) is 12.0 Å². The minimum absolute atomic E-state index is 1.05. The summed E-state index contributed by atoms with van der Waals surface area (Å²) in [5, 5.41) is 3.17. The quantitative estimate of drug-likeness (QED) is 0.713. The largest absolute Gasteiger partial charge is 0.387 e. The number of hydrogen-bond acceptors (Lipinski definition) is 3. The van der Waals surface area contributed by atoms with E-state index < -0.39 is 0 Å². The zero-order chi connectivity index (χ0) is 8.97. The summed E-state index contributed by atoms with van der Waals surface area (Å²) in [5.41, 5.74) is 1.20. The van der Waals surface area contributed by atoms with Gasteiger partial charge in [-0.05, 0) is 18.6 Å². The molecule has 0 aliphatic rings. The highest BCUT2D eigenvalue weighted by molar-refractivity contribution is 7.82. The molecule has 1 aromatic heterocycles. The zero-order valence-corrected chi connectivity index (χ0v) is 9.01. The zero-order valence-electron chi connectivity index (χ0n) is 7.29. The molecule has 66 valence electrons. The molecule has 0 aliphatic carbocycles. The van der Waals surface area contributed by atoms with Crippen molar-refractivity contribution in [3.8, 4) is 0 Å². The molecule has 3 heteroatoms. The molecule has 0 amide bonds. The van der Waals surface area contributed by atoms with Crippen molar-refractivity contribution in [3.05, 3.63) is 23.1 Å². The molecule has 0 atom stereocenters. The Morgan fingerprint density at radius 1 is 1.67 bits per heavy atom. The van der Waals surface area contributed by atoms with Gasteiger partial charge in [0.15, 0.2) is 0 Å². The highest BCUT2D eigenvalue weighted by atomic mass is 32.2. The van der Waals surface area contributed by atoms with Gasteiger partial charge < -0.3 is 5.32 Å². The molecule has 0 spiro atoms. The standard InChI is InChI=1S/C9H13NS2/c1-3-4-7(10-2)8-5-6-9(11)12-8/h4-6,10-11H,3H2,1-2H3/b7-4-. The lowest BCUT2D eigenvalue weighted by molar-refractivity contribution is 1.10. The predicted octanol–water partition coefficient (Wildman–Crippen LogP) is 3.01. The van der Waals surface area contributed by atoms with Crippen molar-refractivity contribution in [3.63, 3.8) is 0 Å². The Balaban J connectivity index is 2.87. The molecule has 1 aromatic rings. The summed E-state index contributed by atoms with van der Waals surface area (Å²) in [4.78, 5) is 1.25. The summed E-state index contributed by atoms with van der Waals surface area (Å²) >= 11 is 5.96. The van der Waals surface area contributed by atoms with Crippen LogP contribution in [0.5, 0.6) is 0 Å². The van der Waals surface area contributed by atoms with Gasteiger partial charge >= 0.3 is 0 Å². The molecule has 0 saturated heterocycles. The van der Waals surface area contributed by atoms with Crippen molar-refractivity contribution in [2.45, 2.75) is 17.6 Å². The molecule has 1 N–H and O–H groups in total. The summed E-state index contributed by atoms with van der Waals surface area (Å²) in [7, 11) is 1.94. The van der Waals surface area contributed by atoms with Gasteiger partial charge in [-0.3, -0.25) is 0 Å². The molecule has 1 heterocycles. The van der Waals surface area contributed by atoms with Crippen LogP contribution < -0.4 is 5.32 Å². The van der Waals surface area contributed by atoms with Crippen molar-refractivity contribution in [1.82, 2.24) is 5.32 Å². The van der Waals surface area contributed by atoms with Crippen LogP contribution in [0.1, 0.15) is 18.2 Å². The minimum Gasteiger partial charge on any atom is -0.387 e. The van der Waals surface area contributed by atoms with E-state index in [1.807, 2.05) is 13.1 Å². The molecule has 0 unspecified atom stereocenters. The van der Waals surface area contributed by atoms with Crippen LogP contribution in [0.15, 0.2) is 22.4 Å². The summed E-state index contributed by atoms with van der Waals surface area (Å²) < 4.78 is 1.06. The number of hydrogen-bond donors (Lipinski definition) is 2. The summed E-state index contributed by atoms with van der Waals surface area (Å²) in [6, 6.07) is 4.11. The average molecular weight is 199 g/mol. The number of allylic oxidation sites excluding steroid dienone is 1. The molecule has 0 fully saturated rings. The van der Waals surface area contributed by atoms with Gasteiger partial charge in [-0.1, -0.05) is 13.0 Å². The molecule has 0 aliphatic heterocycles. The van der Waals surface area contributed by atoms with Crippen LogP contribution in [-0.2, 0) is 0 Å². The smallest absolute Gasteiger partial charge is 0.0575 e. The Kier molecular flexibility index (Phi) is 3.69. The molecule has 1 nitrogen and oxygen atoms in total. The Morgan fingerprint density at radius 2 is 2.42 bits per heavy atom. The Bertz CT molecular complexity index is 276. The molecular formula is C9H13NS2. The van der Waals surface area contributed by atoms with E-state index in [4.69, 9.17) is 0 Å². The van der Waals surface area contributed by atoms with E-state index in [2.05, 4.69) is 37.0 Å². The van der Waals surface area contributed by atoms with Crippen LogP contribution in [0.2, 0.25) is 0 Å². The summed E-state index contributed by atoms with van der Waals surface area (Å²) in [5.74, 6) is 0. The van der Waals surface area contributed by atoms with E-state index in [0.29, 0.717) is 0 Å². The van der Waals surface area contributed by atoms with Gasteiger partial charge in [0.1, 0.15) is 0 Å². The van der Waals surface area contributed by atoms with Gasteiger partial charge in [0.25, 0.3) is 0 Å². The summed E-state index contributed by atoms with van der Waals surface area (Å²) in [6.45, 7) is 2.13. The summed E-state index contributed by atoms with van der Waals surface area (Å²) in [6.07, 6.45) is 3.23. The fraction of sp³-hybridized carbons (Fsp3) is 0.333. The van der Waals surface area contributed by atoms with Crippen molar-refractivity contribution >= 4 is 29.7 Å². The lowest BCUT2D eigenvalue weighted by atomic mass is 10.3. The lowest BCUT2D eigenvalue weighted by Crippen LogP contribution is -2.02. The Labute approximate surface area is 82.9 Å². The van der Waals surface area contributed by atoms with E-state index in [9.17, 15) is 0 Å². The maximum atomic E-state index is 4.27. The van der Waals surface area contributed by atoms with Gasteiger partial charge in [0.05, 0.1) is 9.09 Å². The van der Waals surface area contributed by atoms with Crippen LogP contribution in [0.3, 0.4) is 0 Å². The fourth-order valence-corrected chi connectivity index (χ4v) is 2.16. The van der Waals surface area contributed by atoms with Gasteiger partial charge in [0, 0.05) is 12.7 Å². The highest BCUT2D eigenvalue weighted by Gasteiger charge is 2.00. The normalized spacial score (nSPS) is 11.8. The molecule has 1 rings (SSSR count). The van der Waals surface area contributed by atoms with Crippen molar-refractivity contribution in [2.24, 2.45) is 0 Å². The van der Waals surface area contributed by atoms with Crippen LogP contribution in [0.25, 0.3) is 5.70 Å². The van der Waals surface area contributed by atoms with E-state index in [-0.39, 0.29) is 0 Å². The maximum absolute atomic E-state index is 4.27. The first-order chi connectivity index (χ1) is 5.77. The van der Waals surface area contributed by atoms with Gasteiger partial charge in [-0.2, -0.15) is 0 Å². The molecule has 0 radical (unpaired) electrons. The molecule has 12 heavy (non-hydrogen) atoms. The number of thiol groups is 1. The maximum Gasteiger partial charge on any atom is 0.0575 e. The molecule has 0 aromatic carbocycles. The van der Waals surface area contributed by atoms with Crippen LogP contribution in [-0.4, -0.2) is 7.05 Å². The van der Waals surface area contributed by atoms with Crippen LogP contribution in [0, 0.1) is 0 Å². The van der Waals surface area contributed by atoms with Crippen LogP contribution >= 0.6 is 24.0 Å². The minimum atomic E-state index is 1.05. The molecular weight excluding hydrogens is 186 g/mol. The first kappa shape index (κ1) is 9.68. The second kappa shape index (κ2) is 4.58. The van der Waals surface area contributed by atoms with Crippen molar-refractivity contribution < 1.29 is 0 Å². The second-order valence-electron chi connectivity index (χ2n) is 2.41. The number of thiophene rings is 1. The van der Waals surface area contributed by atoms with E-state index in [1.54, 1.807) is 11.3 Å². The number of rotatable bonds is 3. The monoisotopic (exact) mass is 199 g/mol. The first-order valence-electron chi connectivity index (χ1n) is 3.95. The Morgan fingerprint density at radius 3 is 2.83 bits per heavy atom.